The van der Waals surface area contributed by atoms with Gasteiger partial charge >= 0.3 is 0 Å². The fraction of sp³-hybridized carbons (Fsp3) is 0.235. The Morgan fingerprint density at radius 1 is 1.15 bits per heavy atom. The minimum atomic E-state index is 0.0479. The fourth-order valence-corrected chi connectivity index (χ4v) is 3.40. The molecule has 2 aromatic rings. The highest BCUT2D eigenvalue weighted by Crippen LogP contribution is 2.28. The van der Waals surface area contributed by atoms with Gasteiger partial charge in [0.15, 0.2) is 0 Å². The first-order valence-electron chi connectivity index (χ1n) is 6.76. The van der Waals surface area contributed by atoms with Crippen LogP contribution in [0, 0.1) is 12.8 Å². The maximum atomic E-state index is 12.4. The van der Waals surface area contributed by atoms with Crippen molar-refractivity contribution in [1.29, 1.82) is 0 Å². The molecular formula is C17H16BrNO. The second-order valence-corrected chi connectivity index (χ2v) is 6.30. The second kappa shape index (κ2) is 5.41. The number of aryl methyl sites for hydroxylation is 1. The first-order valence-corrected chi connectivity index (χ1v) is 7.56. The van der Waals surface area contributed by atoms with Gasteiger partial charge in [0.05, 0.1) is 0 Å². The van der Waals surface area contributed by atoms with Crippen molar-refractivity contribution >= 4 is 27.5 Å². The van der Waals surface area contributed by atoms with E-state index in [1.54, 1.807) is 0 Å². The highest BCUT2D eigenvalue weighted by atomic mass is 79.9. The van der Waals surface area contributed by atoms with Gasteiger partial charge in [-0.1, -0.05) is 40.2 Å². The zero-order chi connectivity index (χ0) is 14.1. The number of nitrogens with one attached hydrogen (secondary N) is 1. The van der Waals surface area contributed by atoms with Gasteiger partial charge in [-0.3, -0.25) is 4.79 Å². The number of rotatable bonds is 2. The van der Waals surface area contributed by atoms with Crippen LogP contribution in [-0.4, -0.2) is 5.91 Å². The molecule has 0 heterocycles. The van der Waals surface area contributed by atoms with E-state index in [0.717, 1.165) is 28.6 Å². The first-order chi connectivity index (χ1) is 9.61. The highest BCUT2D eigenvalue weighted by molar-refractivity contribution is 9.10. The molecule has 0 bridgehead atoms. The van der Waals surface area contributed by atoms with Crippen molar-refractivity contribution in [2.24, 2.45) is 5.92 Å². The summed E-state index contributed by atoms with van der Waals surface area (Å²) < 4.78 is 0.988. The maximum Gasteiger partial charge on any atom is 0.228 e. The molecule has 0 spiro atoms. The monoisotopic (exact) mass is 329 g/mol. The molecule has 1 aliphatic rings. The number of carbonyl (C=O) groups excluding carboxylic acids is 1. The standard InChI is InChI=1S/C17H16BrNO/c1-11-6-15(18)10-16(7-11)19-17(20)14-8-12-4-2-3-5-13(12)9-14/h2-7,10,14H,8-9H2,1H3,(H,19,20). The van der Waals surface area contributed by atoms with Crippen molar-refractivity contribution in [2.45, 2.75) is 19.8 Å². The summed E-state index contributed by atoms with van der Waals surface area (Å²) in [5.74, 6) is 0.158. The molecule has 1 N–H and O–H groups in total. The van der Waals surface area contributed by atoms with E-state index in [4.69, 9.17) is 0 Å². The summed E-state index contributed by atoms with van der Waals surface area (Å²) in [4.78, 5) is 12.4. The molecule has 1 amide bonds. The number of hydrogen-bond donors (Lipinski definition) is 1. The molecule has 2 nitrogen and oxygen atoms in total. The molecule has 2 aromatic carbocycles. The van der Waals surface area contributed by atoms with Gasteiger partial charge in [-0.05, 0) is 54.7 Å². The van der Waals surface area contributed by atoms with Crippen molar-refractivity contribution in [3.8, 4) is 0 Å². The Balaban J connectivity index is 1.72. The van der Waals surface area contributed by atoms with Crippen LogP contribution in [0.1, 0.15) is 16.7 Å². The number of halogens is 1. The van der Waals surface area contributed by atoms with Crippen molar-refractivity contribution in [3.05, 3.63) is 63.6 Å². The van der Waals surface area contributed by atoms with Crippen molar-refractivity contribution in [2.75, 3.05) is 5.32 Å². The fourth-order valence-electron chi connectivity index (χ4n) is 2.80. The number of fused-ring (bicyclic) bond motifs is 1. The van der Waals surface area contributed by atoms with Gasteiger partial charge in [0.25, 0.3) is 0 Å². The van der Waals surface area contributed by atoms with Crippen LogP contribution in [0.5, 0.6) is 0 Å². The number of anilines is 1. The molecule has 0 aromatic heterocycles. The third-order valence-corrected chi connectivity index (χ3v) is 4.19. The van der Waals surface area contributed by atoms with Crippen molar-refractivity contribution < 1.29 is 4.79 Å². The van der Waals surface area contributed by atoms with Crippen LogP contribution in [0.2, 0.25) is 0 Å². The molecular weight excluding hydrogens is 314 g/mol. The molecule has 0 aliphatic heterocycles. The summed E-state index contributed by atoms with van der Waals surface area (Å²) in [7, 11) is 0. The third kappa shape index (κ3) is 2.78. The molecule has 0 fully saturated rings. The molecule has 1 aliphatic carbocycles. The van der Waals surface area contributed by atoms with E-state index in [1.165, 1.54) is 11.1 Å². The average Bonchev–Trinajstić information content (AvgIpc) is 2.81. The summed E-state index contributed by atoms with van der Waals surface area (Å²) in [6.07, 6.45) is 1.68. The molecule has 0 saturated carbocycles. The van der Waals surface area contributed by atoms with Gasteiger partial charge in [-0.15, -0.1) is 0 Å². The molecule has 0 unspecified atom stereocenters. The van der Waals surface area contributed by atoms with Crippen LogP contribution >= 0.6 is 15.9 Å². The number of hydrogen-bond acceptors (Lipinski definition) is 1. The van der Waals surface area contributed by atoms with Gasteiger partial charge in [-0.25, -0.2) is 0 Å². The number of benzene rings is 2. The normalized spacial score (nSPS) is 14.1. The van der Waals surface area contributed by atoms with Gasteiger partial charge in [-0.2, -0.15) is 0 Å². The van der Waals surface area contributed by atoms with E-state index >= 15 is 0 Å². The molecule has 3 heteroatoms. The van der Waals surface area contributed by atoms with Gasteiger partial charge in [0.2, 0.25) is 5.91 Å². The Morgan fingerprint density at radius 2 is 1.80 bits per heavy atom. The lowest BCUT2D eigenvalue weighted by Crippen LogP contribution is -2.23. The molecule has 0 saturated heterocycles. The van der Waals surface area contributed by atoms with Crippen LogP contribution in [0.25, 0.3) is 0 Å². The van der Waals surface area contributed by atoms with Gasteiger partial charge < -0.3 is 5.32 Å². The smallest absolute Gasteiger partial charge is 0.228 e. The minimum Gasteiger partial charge on any atom is -0.326 e. The lowest BCUT2D eigenvalue weighted by molar-refractivity contribution is -0.119. The van der Waals surface area contributed by atoms with Crippen molar-refractivity contribution in [1.82, 2.24) is 0 Å². The average molecular weight is 330 g/mol. The Morgan fingerprint density at radius 3 is 2.40 bits per heavy atom. The second-order valence-electron chi connectivity index (χ2n) is 5.38. The highest BCUT2D eigenvalue weighted by Gasteiger charge is 2.27. The SMILES string of the molecule is Cc1cc(Br)cc(NC(=O)C2Cc3ccccc3C2)c1. The lowest BCUT2D eigenvalue weighted by atomic mass is 10.1. The predicted octanol–water partition coefficient (Wildman–Crippen LogP) is 4.11. The topological polar surface area (TPSA) is 29.1 Å². The van der Waals surface area contributed by atoms with E-state index in [2.05, 4.69) is 33.4 Å². The van der Waals surface area contributed by atoms with E-state index in [1.807, 2.05) is 37.3 Å². The molecule has 20 heavy (non-hydrogen) atoms. The number of amides is 1. The molecule has 0 atom stereocenters. The van der Waals surface area contributed by atoms with Crippen molar-refractivity contribution in [3.63, 3.8) is 0 Å². The van der Waals surface area contributed by atoms with Crippen LogP contribution < -0.4 is 5.32 Å². The Hall–Kier alpha value is -1.61. The Bertz CT molecular complexity index is 621. The van der Waals surface area contributed by atoms with E-state index in [0.29, 0.717) is 0 Å². The summed E-state index contributed by atoms with van der Waals surface area (Å²) in [5, 5.41) is 3.03. The van der Waals surface area contributed by atoms with E-state index in [-0.39, 0.29) is 11.8 Å². The summed E-state index contributed by atoms with van der Waals surface area (Å²) >= 11 is 3.46. The zero-order valence-electron chi connectivity index (χ0n) is 11.3. The Kier molecular flexibility index (Phi) is 3.62. The molecule has 102 valence electrons. The Labute approximate surface area is 127 Å². The molecule has 0 radical (unpaired) electrons. The van der Waals surface area contributed by atoms with Crippen LogP contribution in [0.4, 0.5) is 5.69 Å². The van der Waals surface area contributed by atoms with E-state index in [9.17, 15) is 4.79 Å². The molecule has 3 rings (SSSR count). The minimum absolute atomic E-state index is 0.0479. The van der Waals surface area contributed by atoms with Gasteiger partial charge in [0, 0.05) is 16.1 Å². The predicted molar refractivity (Wildman–Crippen MR) is 84.8 cm³/mol. The first kappa shape index (κ1) is 13.4. The number of carbonyl (C=O) groups is 1. The third-order valence-electron chi connectivity index (χ3n) is 3.73. The van der Waals surface area contributed by atoms with E-state index < -0.39 is 0 Å². The maximum absolute atomic E-state index is 12.4. The van der Waals surface area contributed by atoms with Crippen LogP contribution in [0.3, 0.4) is 0 Å². The quantitative estimate of drug-likeness (QED) is 0.882. The summed E-state index contributed by atoms with van der Waals surface area (Å²) in [6, 6.07) is 14.3. The van der Waals surface area contributed by atoms with Crippen LogP contribution in [-0.2, 0) is 17.6 Å². The largest absolute Gasteiger partial charge is 0.326 e. The van der Waals surface area contributed by atoms with Crippen LogP contribution in [0.15, 0.2) is 46.9 Å². The van der Waals surface area contributed by atoms with Gasteiger partial charge in [0.1, 0.15) is 0 Å². The zero-order valence-corrected chi connectivity index (χ0v) is 12.9. The summed E-state index contributed by atoms with van der Waals surface area (Å²) in [6.45, 7) is 2.02. The lowest BCUT2D eigenvalue weighted by Gasteiger charge is -2.11. The summed E-state index contributed by atoms with van der Waals surface area (Å²) in [5.41, 5.74) is 4.60.